The van der Waals surface area contributed by atoms with Gasteiger partial charge in [0, 0.05) is 6.42 Å². The largest absolute Gasteiger partial charge is 0.444 e. The molecule has 0 aromatic carbocycles. The summed E-state index contributed by atoms with van der Waals surface area (Å²) in [5, 5.41) is 19.0. The van der Waals surface area contributed by atoms with Gasteiger partial charge in [0.05, 0.1) is 25.8 Å². The molecule has 2 N–H and O–H groups in total. The monoisotopic (exact) mass is 259 g/mol. The maximum Gasteiger partial charge on any atom is 0.410 e. The van der Waals surface area contributed by atoms with Gasteiger partial charge in [-0.15, -0.1) is 0 Å². The van der Waals surface area contributed by atoms with Gasteiger partial charge >= 0.3 is 6.09 Å². The van der Waals surface area contributed by atoms with E-state index in [1.54, 1.807) is 4.90 Å². The summed E-state index contributed by atoms with van der Waals surface area (Å²) in [7, 11) is 0. The Hall–Kier alpha value is -0.850. The topological polar surface area (TPSA) is 79.2 Å². The average Bonchev–Trinajstić information content (AvgIpc) is 2.16. The minimum atomic E-state index is -0.828. The molecule has 0 aromatic heterocycles. The maximum absolute atomic E-state index is 11.7. The van der Waals surface area contributed by atoms with Crippen LogP contribution in [0.25, 0.3) is 0 Å². The Morgan fingerprint density at radius 3 is 2.44 bits per heavy atom. The molecular weight excluding hydrogens is 238 g/mol. The Bertz CT molecular complexity index is 332. The van der Waals surface area contributed by atoms with Crippen LogP contribution in [0.2, 0.25) is 0 Å². The summed E-state index contributed by atoms with van der Waals surface area (Å²) in [5.74, 6) is 0. The molecule has 2 aliphatic rings. The molecule has 2 rings (SSSR count). The molecule has 2 saturated heterocycles. The summed E-state index contributed by atoms with van der Waals surface area (Å²) in [4.78, 5) is 13.3. The van der Waals surface area contributed by atoms with Gasteiger partial charge in [0.25, 0.3) is 0 Å². The van der Waals surface area contributed by atoms with Crippen LogP contribution in [-0.2, 0) is 9.47 Å². The zero-order valence-corrected chi connectivity index (χ0v) is 11.0. The predicted molar refractivity (Wildman–Crippen MR) is 63.1 cm³/mol. The normalized spacial score (nSPS) is 31.1. The fourth-order valence-electron chi connectivity index (χ4n) is 2.27. The third kappa shape index (κ3) is 2.76. The SMILES string of the molecule is CC(C)(C)OC(=O)N1CC2(C[C@@H](O)[C@@H](O)CO2)C1. The van der Waals surface area contributed by atoms with Gasteiger partial charge in [-0.2, -0.15) is 0 Å². The molecule has 2 fully saturated rings. The highest BCUT2D eigenvalue weighted by atomic mass is 16.6. The van der Waals surface area contributed by atoms with Gasteiger partial charge in [-0.25, -0.2) is 4.79 Å². The van der Waals surface area contributed by atoms with E-state index in [-0.39, 0.29) is 12.7 Å². The summed E-state index contributed by atoms with van der Waals surface area (Å²) < 4.78 is 10.8. The van der Waals surface area contributed by atoms with Crippen LogP contribution in [0, 0.1) is 0 Å². The highest BCUT2D eigenvalue weighted by molar-refractivity contribution is 5.69. The second-order valence-corrected chi connectivity index (χ2v) is 6.17. The van der Waals surface area contributed by atoms with Gasteiger partial charge in [-0.1, -0.05) is 0 Å². The Morgan fingerprint density at radius 2 is 1.94 bits per heavy atom. The number of ether oxygens (including phenoxy) is 2. The van der Waals surface area contributed by atoms with Crippen LogP contribution in [-0.4, -0.2) is 64.3 Å². The molecule has 18 heavy (non-hydrogen) atoms. The molecule has 1 amide bonds. The predicted octanol–water partition coefficient (Wildman–Crippen LogP) is 0.118. The molecule has 0 aliphatic carbocycles. The van der Waals surface area contributed by atoms with E-state index < -0.39 is 23.4 Å². The van der Waals surface area contributed by atoms with Gasteiger partial charge < -0.3 is 24.6 Å². The van der Waals surface area contributed by atoms with E-state index in [0.717, 1.165) is 0 Å². The first-order chi connectivity index (χ1) is 8.21. The Balaban J connectivity index is 1.85. The molecular formula is C12H21NO5. The first kappa shape index (κ1) is 13.6. The van der Waals surface area contributed by atoms with E-state index in [0.29, 0.717) is 19.5 Å². The number of aliphatic hydroxyl groups is 2. The number of carbonyl (C=O) groups is 1. The summed E-state index contributed by atoms with van der Waals surface area (Å²) in [6.45, 7) is 6.38. The number of aliphatic hydroxyl groups excluding tert-OH is 2. The number of rotatable bonds is 0. The lowest BCUT2D eigenvalue weighted by atomic mass is 9.84. The number of hydrogen-bond acceptors (Lipinski definition) is 5. The van der Waals surface area contributed by atoms with Gasteiger partial charge in [0.15, 0.2) is 0 Å². The quantitative estimate of drug-likeness (QED) is 0.646. The Labute approximate surface area is 106 Å². The lowest BCUT2D eigenvalue weighted by Gasteiger charge is -2.52. The summed E-state index contributed by atoms with van der Waals surface area (Å²) in [5.41, 5.74) is -1.02. The van der Waals surface area contributed by atoms with Crippen molar-refractivity contribution in [2.24, 2.45) is 0 Å². The number of likely N-dealkylation sites (tertiary alicyclic amines) is 1. The van der Waals surface area contributed by atoms with Crippen molar-refractivity contribution in [3.8, 4) is 0 Å². The van der Waals surface area contributed by atoms with E-state index in [1.807, 2.05) is 20.8 Å². The second kappa shape index (κ2) is 4.36. The minimum Gasteiger partial charge on any atom is -0.444 e. The van der Waals surface area contributed by atoms with Crippen LogP contribution in [0.1, 0.15) is 27.2 Å². The number of hydrogen-bond donors (Lipinski definition) is 2. The van der Waals surface area contributed by atoms with Crippen LogP contribution < -0.4 is 0 Å². The van der Waals surface area contributed by atoms with Crippen LogP contribution in [0.3, 0.4) is 0 Å². The summed E-state index contributed by atoms with van der Waals surface area (Å²) in [6.07, 6.45) is -1.61. The van der Waals surface area contributed by atoms with Crippen molar-refractivity contribution in [2.75, 3.05) is 19.7 Å². The molecule has 0 aromatic rings. The molecule has 2 atom stereocenters. The van der Waals surface area contributed by atoms with Crippen LogP contribution in [0.15, 0.2) is 0 Å². The lowest BCUT2D eigenvalue weighted by molar-refractivity contribution is -0.216. The molecule has 104 valence electrons. The molecule has 0 saturated carbocycles. The van der Waals surface area contributed by atoms with E-state index in [4.69, 9.17) is 9.47 Å². The number of amides is 1. The van der Waals surface area contributed by atoms with Gasteiger partial charge in [0.2, 0.25) is 0 Å². The summed E-state index contributed by atoms with van der Waals surface area (Å²) in [6, 6.07) is 0. The van der Waals surface area contributed by atoms with E-state index in [2.05, 4.69) is 0 Å². The molecule has 6 heteroatoms. The zero-order valence-electron chi connectivity index (χ0n) is 11.0. The highest BCUT2D eigenvalue weighted by Gasteiger charge is 2.51. The highest BCUT2D eigenvalue weighted by Crippen LogP contribution is 2.35. The van der Waals surface area contributed by atoms with Crippen molar-refractivity contribution in [1.29, 1.82) is 0 Å². The first-order valence-electron chi connectivity index (χ1n) is 6.19. The standard InChI is InChI=1S/C12H21NO5/c1-11(2,3)18-10(16)13-6-12(7-13)4-8(14)9(15)5-17-12/h8-9,14-15H,4-7H2,1-3H3/t8-,9+/m1/s1. The summed E-state index contributed by atoms with van der Waals surface area (Å²) >= 11 is 0. The molecule has 2 heterocycles. The number of nitrogens with zero attached hydrogens (tertiary/aromatic N) is 1. The van der Waals surface area contributed by atoms with E-state index >= 15 is 0 Å². The third-order valence-corrected chi connectivity index (χ3v) is 3.20. The molecule has 0 radical (unpaired) electrons. The average molecular weight is 259 g/mol. The van der Waals surface area contributed by atoms with Crippen molar-refractivity contribution in [1.82, 2.24) is 4.90 Å². The maximum atomic E-state index is 11.7. The molecule has 6 nitrogen and oxygen atoms in total. The number of carbonyl (C=O) groups excluding carboxylic acids is 1. The third-order valence-electron chi connectivity index (χ3n) is 3.20. The van der Waals surface area contributed by atoms with Gasteiger partial charge in [-0.3, -0.25) is 0 Å². The lowest BCUT2D eigenvalue weighted by Crippen LogP contribution is -2.69. The zero-order chi connectivity index (χ0) is 13.6. The van der Waals surface area contributed by atoms with Crippen molar-refractivity contribution < 1.29 is 24.5 Å². The smallest absolute Gasteiger partial charge is 0.410 e. The van der Waals surface area contributed by atoms with Crippen molar-refractivity contribution in [3.05, 3.63) is 0 Å². The molecule has 2 aliphatic heterocycles. The van der Waals surface area contributed by atoms with Crippen LogP contribution >= 0.6 is 0 Å². The molecule has 0 unspecified atom stereocenters. The first-order valence-corrected chi connectivity index (χ1v) is 6.19. The van der Waals surface area contributed by atoms with Gasteiger partial charge in [-0.05, 0) is 20.8 Å². The van der Waals surface area contributed by atoms with Crippen molar-refractivity contribution >= 4 is 6.09 Å². The van der Waals surface area contributed by atoms with E-state index in [9.17, 15) is 15.0 Å². The van der Waals surface area contributed by atoms with Crippen LogP contribution in [0.5, 0.6) is 0 Å². The van der Waals surface area contributed by atoms with Gasteiger partial charge in [0.1, 0.15) is 17.3 Å². The Kier molecular flexibility index (Phi) is 3.29. The fraction of sp³-hybridized carbons (Fsp3) is 0.917. The minimum absolute atomic E-state index is 0.114. The molecule has 1 spiro atoms. The Morgan fingerprint density at radius 1 is 1.33 bits per heavy atom. The molecule has 0 bridgehead atoms. The van der Waals surface area contributed by atoms with Crippen molar-refractivity contribution in [3.63, 3.8) is 0 Å². The van der Waals surface area contributed by atoms with Crippen LogP contribution in [0.4, 0.5) is 4.79 Å². The second-order valence-electron chi connectivity index (χ2n) is 6.17. The fourth-order valence-corrected chi connectivity index (χ4v) is 2.27. The van der Waals surface area contributed by atoms with Crippen molar-refractivity contribution in [2.45, 2.75) is 50.6 Å². The van der Waals surface area contributed by atoms with E-state index in [1.165, 1.54) is 0 Å².